The Kier molecular flexibility index (Phi) is 11.6. The lowest BCUT2D eigenvalue weighted by Crippen LogP contribution is -2.47. The molecule has 7 heteroatoms. The molecule has 1 amide bonds. The molecule has 0 spiro atoms. The number of ether oxygens (including phenoxy) is 3. The maximum absolute atomic E-state index is 14.5. The van der Waals surface area contributed by atoms with Gasteiger partial charge in [-0.25, -0.2) is 4.39 Å². The van der Waals surface area contributed by atoms with Crippen LogP contribution in [0.4, 0.5) is 10.1 Å². The molecule has 2 heterocycles. The van der Waals surface area contributed by atoms with Gasteiger partial charge in [-0.3, -0.25) is 4.79 Å². The van der Waals surface area contributed by atoms with Gasteiger partial charge in [0.25, 0.3) is 5.91 Å². The van der Waals surface area contributed by atoms with Crippen molar-refractivity contribution in [2.24, 2.45) is 0 Å². The van der Waals surface area contributed by atoms with E-state index >= 15 is 0 Å². The first-order chi connectivity index (χ1) is 24.7. The summed E-state index contributed by atoms with van der Waals surface area (Å²) >= 11 is 0. The van der Waals surface area contributed by atoms with Crippen molar-refractivity contribution in [2.45, 2.75) is 77.1 Å². The SMILES string of the molecule is C=CCOC1(C)CC(OCc2ccccc2)CC(CCn2c(-c3ccc(F)cc3)c(-c3ccccc3)c(C(=O)Nc3ccccc3)c2C(C)C)O1. The maximum atomic E-state index is 14.5. The van der Waals surface area contributed by atoms with Crippen LogP contribution < -0.4 is 5.32 Å². The molecule has 0 bridgehead atoms. The van der Waals surface area contributed by atoms with Gasteiger partial charge < -0.3 is 24.1 Å². The first-order valence-corrected chi connectivity index (χ1v) is 17.8. The molecule has 1 aliphatic heterocycles. The summed E-state index contributed by atoms with van der Waals surface area (Å²) in [6.45, 7) is 11.4. The smallest absolute Gasteiger partial charge is 0.258 e. The van der Waals surface area contributed by atoms with Crippen molar-refractivity contribution in [3.8, 4) is 22.4 Å². The van der Waals surface area contributed by atoms with Gasteiger partial charge in [0.15, 0.2) is 5.79 Å². The third-order valence-corrected chi connectivity index (χ3v) is 9.34. The zero-order chi connectivity index (χ0) is 35.8. The van der Waals surface area contributed by atoms with Crippen molar-refractivity contribution < 1.29 is 23.4 Å². The van der Waals surface area contributed by atoms with Crippen molar-refractivity contribution in [3.05, 3.63) is 151 Å². The summed E-state index contributed by atoms with van der Waals surface area (Å²) in [5.41, 5.74) is 6.74. The second-order valence-electron chi connectivity index (χ2n) is 13.6. The number of carbonyl (C=O) groups excluding carboxylic acids is 1. The minimum absolute atomic E-state index is 0.0198. The van der Waals surface area contributed by atoms with E-state index in [0.717, 1.165) is 33.6 Å². The lowest BCUT2D eigenvalue weighted by molar-refractivity contribution is -0.287. The van der Waals surface area contributed by atoms with Crippen LogP contribution >= 0.6 is 0 Å². The van der Waals surface area contributed by atoms with Crippen LogP contribution in [0.15, 0.2) is 128 Å². The van der Waals surface area contributed by atoms with E-state index < -0.39 is 5.79 Å². The van der Waals surface area contributed by atoms with Crippen LogP contribution in [-0.2, 0) is 27.4 Å². The predicted molar refractivity (Wildman–Crippen MR) is 202 cm³/mol. The van der Waals surface area contributed by atoms with Gasteiger partial charge in [-0.15, -0.1) is 6.58 Å². The highest BCUT2D eigenvalue weighted by Gasteiger charge is 2.40. The number of benzene rings is 4. The Morgan fingerprint density at radius 1 is 0.961 bits per heavy atom. The molecule has 0 aliphatic carbocycles. The summed E-state index contributed by atoms with van der Waals surface area (Å²) in [7, 11) is 0. The van der Waals surface area contributed by atoms with Gasteiger partial charge in [-0.1, -0.05) is 98.8 Å². The first kappa shape index (κ1) is 36.0. The summed E-state index contributed by atoms with van der Waals surface area (Å²) in [4.78, 5) is 14.5. The first-order valence-electron chi connectivity index (χ1n) is 17.8. The molecular weight excluding hydrogens is 639 g/mol. The van der Waals surface area contributed by atoms with E-state index in [1.807, 2.05) is 85.8 Å². The van der Waals surface area contributed by atoms with Crippen molar-refractivity contribution in [1.82, 2.24) is 4.57 Å². The maximum Gasteiger partial charge on any atom is 0.258 e. The number of nitrogens with zero attached hydrogens (tertiary/aromatic N) is 1. The van der Waals surface area contributed by atoms with Crippen LogP contribution in [-0.4, -0.2) is 35.1 Å². The lowest BCUT2D eigenvalue weighted by Gasteiger charge is -2.42. The number of rotatable bonds is 14. The number of anilines is 1. The van der Waals surface area contributed by atoms with E-state index in [1.165, 1.54) is 12.1 Å². The van der Waals surface area contributed by atoms with Crippen molar-refractivity contribution >= 4 is 11.6 Å². The Bertz CT molecular complexity index is 1890. The third kappa shape index (κ3) is 8.74. The molecule has 6 nitrogen and oxygen atoms in total. The molecule has 1 N–H and O–H groups in total. The van der Waals surface area contributed by atoms with Crippen molar-refractivity contribution in [2.75, 3.05) is 11.9 Å². The summed E-state index contributed by atoms with van der Waals surface area (Å²) in [5, 5.41) is 3.16. The molecule has 5 aromatic rings. The molecule has 1 saturated heterocycles. The van der Waals surface area contributed by atoms with Crippen LogP contribution in [0.2, 0.25) is 0 Å². The molecule has 6 rings (SSSR count). The van der Waals surface area contributed by atoms with Gasteiger partial charge in [0.2, 0.25) is 0 Å². The van der Waals surface area contributed by atoms with E-state index in [1.54, 1.807) is 18.2 Å². The van der Waals surface area contributed by atoms with E-state index in [4.69, 9.17) is 14.2 Å². The van der Waals surface area contributed by atoms with Gasteiger partial charge in [0.1, 0.15) is 5.82 Å². The number of para-hydroxylation sites is 1. The summed E-state index contributed by atoms with van der Waals surface area (Å²) in [6.07, 6.45) is 3.37. The number of halogens is 1. The Hall–Kier alpha value is -4.82. The molecule has 4 aromatic carbocycles. The Labute approximate surface area is 300 Å². The monoisotopic (exact) mass is 686 g/mol. The van der Waals surface area contributed by atoms with E-state index in [-0.39, 0.29) is 29.9 Å². The number of aromatic nitrogens is 1. The van der Waals surface area contributed by atoms with E-state index in [0.29, 0.717) is 50.3 Å². The molecular formula is C44H47FN2O4. The standard InChI is InChI=1S/C44H47FN2O4/c1-5-27-50-44(4)29-38(49-30-32-15-9-6-10-16-32)28-37(51-44)25-26-47-41(31(2)3)40(43(48)46-36-19-13-8-14-20-36)39(33-17-11-7-12-18-33)42(47)34-21-23-35(45)24-22-34/h5-24,31,37-38H,1,25-30H2,2-4H3,(H,46,48). The lowest BCUT2D eigenvalue weighted by atomic mass is 9.94. The average molecular weight is 687 g/mol. The highest BCUT2D eigenvalue weighted by atomic mass is 19.1. The van der Waals surface area contributed by atoms with Crippen LogP contribution in [0.1, 0.15) is 67.6 Å². The number of carbonyl (C=O) groups is 1. The zero-order valence-electron chi connectivity index (χ0n) is 29.7. The fraction of sp³-hybridized carbons (Fsp3) is 0.295. The molecule has 3 unspecified atom stereocenters. The average Bonchev–Trinajstić information content (AvgIpc) is 3.49. The molecule has 1 aromatic heterocycles. The molecule has 51 heavy (non-hydrogen) atoms. The molecule has 1 fully saturated rings. The number of hydrogen-bond acceptors (Lipinski definition) is 4. The minimum atomic E-state index is -0.855. The number of amides is 1. The van der Waals surface area contributed by atoms with Crippen molar-refractivity contribution in [3.63, 3.8) is 0 Å². The highest BCUT2D eigenvalue weighted by Crippen LogP contribution is 2.43. The normalized spacial score (nSPS) is 18.8. The Balaban J connectivity index is 1.41. The quantitative estimate of drug-likeness (QED) is 0.118. The Morgan fingerprint density at radius 3 is 2.25 bits per heavy atom. The Morgan fingerprint density at radius 2 is 1.61 bits per heavy atom. The molecule has 1 aliphatic rings. The number of nitrogens with one attached hydrogen (secondary N) is 1. The van der Waals surface area contributed by atoms with Crippen LogP contribution in [0.3, 0.4) is 0 Å². The predicted octanol–water partition coefficient (Wildman–Crippen LogP) is 10.4. The van der Waals surface area contributed by atoms with Gasteiger partial charge in [0, 0.05) is 36.3 Å². The second-order valence-corrected chi connectivity index (χ2v) is 13.6. The summed E-state index contributed by atoms with van der Waals surface area (Å²) in [6, 6.07) is 36.2. The van der Waals surface area contributed by atoms with Gasteiger partial charge in [0.05, 0.1) is 36.7 Å². The highest BCUT2D eigenvalue weighted by molar-refractivity contribution is 6.12. The van der Waals surface area contributed by atoms with Crippen molar-refractivity contribution in [1.29, 1.82) is 0 Å². The zero-order valence-corrected chi connectivity index (χ0v) is 29.7. The topological polar surface area (TPSA) is 61.7 Å². The van der Waals surface area contributed by atoms with Crippen LogP contribution in [0.5, 0.6) is 0 Å². The van der Waals surface area contributed by atoms with Gasteiger partial charge in [-0.05, 0) is 72.4 Å². The number of hydrogen-bond donors (Lipinski definition) is 1. The van der Waals surface area contributed by atoms with E-state index in [9.17, 15) is 9.18 Å². The molecule has 3 atom stereocenters. The minimum Gasteiger partial charge on any atom is -0.373 e. The van der Waals surface area contributed by atoms with Crippen LogP contribution in [0, 0.1) is 5.82 Å². The van der Waals surface area contributed by atoms with Crippen LogP contribution in [0.25, 0.3) is 22.4 Å². The molecule has 264 valence electrons. The largest absolute Gasteiger partial charge is 0.373 e. The molecule has 0 radical (unpaired) electrons. The third-order valence-electron chi connectivity index (χ3n) is 9.34. The molecule has 0 saturated carbocycles. The summed E-state index contributed by atoms with van der Waals surface area (Å²) in [5.74, 6) is -1.39. The fourth-order valence-corrected chi connectivity index (χ4v) is 7.14. The van der Waals surface area contributed by atoms with Gasteiger partial charge >= 0.3 is 0 Å². The second kappa shape index (κ2) is 16.5. The fourth-order valence-electron chi connectivity index (χ4n) is 7.14. The van der Waals surface area contributed by atoms with Gasteiger partial charge in [-0.2, -0.15) is 0 Å². The summed E-state index contributed by atoms with van der Waals surface area (Å²) < 4.78 is 36.0. The van der Waals surface area contributed by atoms with E-state index in [2.05, 4.69) is 42.4 Å².